The first-order chi connectivity index (χ1) is 7.35. The van der Waals surface area contributed by atoms with Crippen LogP contribution in [0.4, 0.5) is 4.79 Å². The molecule has 4 nitrogen and oxygen atoms in total. The molecule has 16 heavy (non-hydrogen) atoms. The van der Waals surface area contributed by atoms with E-state index in [0.717, 1.165) is 5.57 Å². The Morgan fingerprint density at radius 3 is 2.75 bits per heavy atom. The first-order valence-corrected chi connectivity index (χ1v) is 5.56. The molecular formula is C12H17NO3. The number of nitrogens with zero attached hydrogens (tertiary/aromatic N) is 1. The fourth-order valence-corrected chi connectivity index (χ4v) is 2.13. The Balaban J connectivity index is 1.97. The van der Waals surface area contributed by atoms with Crippen molar-refractivity contribution in [2.75, 3.05) is 13.1 Å². The van der Waals surface area contributed by atoms with Crippen molar-refractivity contribution in [1.29, 1.82) is 0 Å². The van der Waals surface area contributed by atoms with Gasteiger partial charge in [0.15, 0.2) is 5.78 Å². The van der Waals surface area contributed by atoms with Gasteiger partial charge in [-0.3, -0.25) is 4.79 Å². The largest absolute Gasteiger partial charge is 0.444 e. The van der Waals surface area contributed by atoms with Gasteiger partial charge in [0.2, 0.25) is 0 Å². The van der Waals surface area contributed by atoms with E-state index in [4.69, 9.17) is 4.74 Å². The van der Waals surface area contributed by atoms with Crippen LogP contribution >= 0.6 is 0 Å². The van der Waals surface area contributed by atoms with Gasteiger partial charge in [-0.1, -0.05) is 0 Å². The van der Waals surface area contributed by atoms with Gasteiger partial charge in [0.1, 0.15) is 5.60 Å². The highest BCUT2D eigenvalue weighted by Crippen LogP contribution is 2.31. The average Bonchev–Trinajstić information content (AvgIpc) is 2.56. The number of likely N-dealkylation sites (tertiary alicyclic amines) is 1. The summed E-state index contributed by atoms with van der Waals surface area (Å²) in [7, 11) is 0. The second-order valence-corrected chi connectivity index (χ2v) is 5.45. The third-order valence-electron chi connectivity index (χ3n) is 2.78. The highest BCUT2D eigenvalue weighted by atomic mass is 16.6. The molecule has 0 unspecified atom stereocenters. The molecule has 1 amide bonds. The van der Waals surface area contributed by atoms with Crippen LogP contribution in [-0.4, -0.2) is 35.5 Å². The lowest BCUT2D eigenvalue weighted by atomic mass is 10.1. The Morgan fingerprint density at radius 1 is 1.50 bits per heavy atom. The molecule has 88 valence electrons. The van der Waals surface area contributed by atoms with E-state index >= 15 is 0 Å². The molecule has 2 rings (SSSR count). The third kappa shape index (κ3) is 2.26. The molecule has 1 saturated heterocycles. The SMILES string of the molecule is CC(C)(C)OC(=O)N1CC2=CC(=O)C[C@@H]2C1. The van der Waals surface area contributed by atoms with Crippen molar-refractivity contribution in [3.8, 4) is 0 Å². The summed E-state index contributed by atoms with van der Waals surface area (Å²) in [5.74, 6) is 0.420. The maximum absolute atomic E-state index is 11.8. The van der Waals surface area contributed by atoms with Gasteiger partial charge < -0.3 is 9.64 Å². The monoisotopic (exact) mass is 223 g/mol. The molecule has 0 bridgehead atoms. The summed E-state index contributed by atoms with van der Waals surface area (Å²) in [5, 5.41) is 0. The van der Waals surface area contributed by atoms with Gasteiger partial charge in [-0.05, 0) is 32.4 Å². The minimum absolute atomic E-state index is 0.184. The van der Waals surface area contributed by atoms with Crippen LogP contribution in [0.25, 0.3) is 0 Å². The van der Waals surface area contributed by atoms with Crippen molar-refractivity contribution in [1.82, 2.24) is 4.90 Å². The molecule has 0 radical (unpaired) electrons. The lowest BCUT2D eigenvalue weighted by Gasteiger charge is -2.24. The molecule has 1 atom stereocenters. The quantitative estimate of drug-likeness (QED) is 0.628. The Bertz CT molecular complexity index is 365. The number of fused-ring (bicyclic) bond motifs is 1. The fraction of sp³-hybridized carbons (Fsp3) is 0.667. The third-order valence-corrected chi connectivity index (χ3v) is 2.78. The van der Waals surface area contributed by atoms with Gasteiger partial charge in [0.05, 0.1) is 0 Å². The molecule has 0 aromatic heterocycles. The predicted molar refractivity (Wildman–Crippen MR) is 59.0 cm³/mol. The number of rotatable bonds is 0. The van der Waals surface area contributed by atoms with Crippen molar-refractivity contribution in [2.24, 2.45) is 5.92 Å². The van der Waals surface area contributed by atoms with Crippen LogP contribution in [0.1, 0.15) is 27.2 Å². The van der Waals surface area contributed by atoms with Crippen molar-refractivity contribution in [3.63, 3.8) is 0 Å². The number of ether oxygens (including phenoxy) is 1. The lowest BCUT2D eigenvalue weighted by Crippen LogP contribution is -2.35. The maximum atomic E-state index is 11.8. The average molecular weight is 223 g/mol. The summed E-state index contributed by atoms with van der Waals surface area (Å²) in [5.41, 5.74) is 0.620. The zero-order chi connectivity index (χ0) is 11.9. The standard InChI is InChI=1S/C12H17NO3/c1-12(2,3)16-11(15)13-6-8-4-10(14)5-9(8)7-13/h4,9H,5-7H2,1-3H3/t9-/m1/s1. The first kappa shape index (κ1) is 11.2. The van der Waals surface area contributed by atoms with E-state index in [1.165, 1.54) is 0 Å². The first-order valence-electron chi connectivity index (χ1n) is 5.56. The summed E-state index contributed by atoms with van der Waals surface area (Å²) in [6.07, 6.45) is 1.94. The number of amides is 1. The molecule has 1 fully saturated rings. The smallest absolute Gasteiger partial charge is 0.410 e. The number of carbonyl (C=O) groups is 2. The van der Waals surface area contributed by atoms with Crippen molar-refractivity contribution < 1.29 is 14.3 Å². The number of hydrogen-bond donors (Lipinski definition) is 0. The zero-order valence-corrected chi connectivity index (χ0v) is 9.95. The van der Waals surface area contributed by atoms with Crippen molar-refractivity contribution in [3.05, 3.63) is 11.6 Å². The Morgan fingerprint density at radius 2 is 2.19 bits per heavy atom. The molecule has 0 N–H and O–H groups in total. The predicted octanol–water partition coefficient (Wildman–Crippen LogP) is 1.75. The van der Waals surface area contributed by atoms with Crippen LogP contribution in [0.5, 0.6) is 0 Å². The number of hydrogen-bond acceptors (Lipinski definition) is 3. The van der Waals surface area contributed by atoms with Gasteiger partial charge in [-0.15, -0.1) is 0 Å². The van der Waals surface area contributed by atoms with E-state index in [-0.39, 0.29) is 17.8 Å². The van der Waals surface area contributed by atoms with E-state index in [1.807, 2.05) is 20.8 Å². The Labute approximate surface area is 95.2 Å². The zero-order valence-electron chi connectivity index (χ0n) is 9.95. The molecule has 0 saturated carbocycles. The summed E-state index contributed by atoms with van der Waals surface area (Å²) in [6, 6.07) is 0. The molecule has 0 aromatic carbocycles. The van der Waals surface area contributed by atoms with Crippen LogP contribution in [0.2, 0.25) is 0 Å². The van der Waals surface area contributed by atoms with Crippen LogP contribution in [0.15, 0.2) is 11.6 Å². The van der Waals surface area contributed by atoms with E-state index in [0.29, 0.717) is 19.5 Å². The Kier molecular flexibility index (Phi) is 2.52. The Hall–Kier alpha value is -1.32. The summed E-state index contributed by atoms with van der Waals surface area (Å²) < 4.78 is 5.29. The van der Waals surface area contributed by atoms with Crippen molar-refractivity contribution in [2.45, 2.75) is 32.8 Å². The van der Waals surface area contributed by atoms with E-state index in [9.17, 15) is 9.59 Å². The fourth-order valence-electron chi connectivity index (χ4n) is 2.13. The van der Waals surface area contributed by atoms with E-state index in [1.54, 1.807) is 11.0 Å². The number of ketones is 1. The summed E-state index contributed by atoms with van der Waals surface area (Å²) in [6.45, 7) is 6.72. The maximum Gasteiger partial charge on any atom is 0.410 e. The van der Waals surface area contributed by atoms with Crippen LogP contribution in [-0.2, 0) is 9.53 Å². The van der Waals surface area contributed by atoms with Gasteiger partial charge in [0, 0.05) is 25.4 Å². The van der Waals surface area contributed by atoms with Crippen LogP contribution in [0, 0.1) is 5.92 Å². The molecular weight excluding hydrogens is 206 g/mol. The molecule has 0 spiro atoms. The number of allylic oxidation sites excluding steroid dienone is 1. The summed E-state index contributed by atoms with van der Waals surface area (Å²) in [4.78, 5) is 24.6. The van der Waals surface area contributed by atoms with Gasteiger partial charge in [-0.2, -0.15) is 0 Å². The molecule has 1 aliphatic carbocycles. The number of carbonyl (C=O) groups excluding carboxylic acids is 2. The lowest BCUT2D eigenvalue weighted by molar-refractivity contribution is -0.114. The normalized spacial score (nSPS) is 24.4. The van der Waals surface area contributed by atoms with Crippen molar-refractivity contribution >= 4 is 11.9 Å². The highest BCUT2D eigenvalue weighted by Gasteiger charge is 2.37. The van der Waals surface area contributed by atoms with Gasteiger partial charge in [-0.25, -0.2) is 4.79 Å². The summed E-state index contributed by atoms with van der Waals surface area (Å²) >= 11 is 0. The van der Waals surface area contributed by atoms with Crippen LogP contribution < -0.4 is 0 Å². The second-order valence-electron chi connectivity index (χ2n) is 5.45. The van der Waals surface area contributed by atoms with E-state index in [2.05, 4.69) is 0 Å². The molecule has 2 aliphatic rings. The molecule has 0 aromatic rings. The minimum atomic E-state index is -0.459. The van der Waals surface area contributed by atoms with Gasteiger partial charge in [0.25, 0.3) is 0 Å². The van der Waals surface area contributed by atoms with E-state index < -0.39 is 5.60 Å². The molecule has 4 heteroatoms. The highest BCUT2D eigenvalue weighted by molar-refractivity contribution is 5.94. The second kappa shape index (κ2) is 3.61. The van der Waals surface area contributed by atoms with Gasteiger partial charge >= 0.3 is 6.09 Å². The molecule has 1 aliphatic heterocycles. The van der Waals surface area contributed by atoms with Crippen LogP contribution in [0.3, 0.4) is 0 Å². The molecule has 1 heterocycles. The topological polar surface area (TPSA) is 46.6 Å². The minimum Gasteiger partial charge on any atom is -0.444 e.